The zero-order chi connectivity index (χ0) is 22.7. The van der Waals surface area contributed by atoms with Crippen LogP contribution in [0.15, 0.2) is 29.3 Å². The second-order valence-corrected chi connectivity index (χ2v) is 9.94. The van der Waals surface area contributed by atoms with Crippen LogP contribution in [0.5, 0.6) is 5.75 Å². The van der Waals surface area contributed by atoms with Crippen LogP contribution in [0.1, 0.15) is 45.1 Å². The molecule has 1 amide bonds. The van der Waals surface area contributed by atoms with Gasteiger partial charge in [0.2, 0.25) is 5.91 Å². The lowest BCUT2D eigenvalue weighted by molar-refractivity contribution is -0.175. The van der Waals surface area contributed by atoms with Gasteiger partial charge in [-0.15, -0.1) is 0 Å². The van der Waals surface area contributed by atoms with E-state index in [0.29, 0.717) is 0 Å². The molecule has 1 atom stereocenters. The second kappa shape index (κ2) is 7.12. The molecule has 170 valence electrons. The van der Waals surface area contributed by atoms with Crippen molar-refractivity contribution in [3.8, 4) is 5.75 Å². The number of aromatic hydroxyl groups is 1. The van der Waals surface area contributed by atoms with Gasteiger partial charge in [0.1, 0.15) is 11.6 Å². The predicted octanol–water partition coefficient (Wildman–Crippen LogP) is 2.96. The number of amides is 1. The zero-order valence-corrected chi connectivity index (χ0v) is 18.0. The lowest BCUT2D eigenvalue weighted by Crippen LogP contribution is -2.77. The standard InChI is InChI=1S/C22H29F3N4O2/c1-19(2)16(17(31)26-9-8-22(23,24)25)27-18(28-19)20-11-21(12-20,13-20)29(3)10-14-4-6-15(30)7-5-14/h4-7,16,30H,8-13H2,1-3H3,(H,26,31)(H,27,28)/t16-,20?,21?/m0/s1. The summed E-state index contributed by atoms with van der Waals surface area (Å²) in [5, 5.41) is 15.2. The monoisotopic (exact) mass is 438 g/mol. The van der Waals surface area contributed by atoms with E-state index in [-0.39, 0.29) is 16.7 Å². The van der Waals surface area contributed by atoms with Crippen molar-refractivity contribution in [2.45, 2.75) is 69.4 Å². The number of hydrogen-bond donors (Lipinski definition) is 3. The highest BCUT2D eigenvalue weighted by molar-refractivity contribution is 5.98. The summed E-state index contributed by atoms with van der Waals surface area (Å²) in [6.07, 6.45) is -2.51. The number of alkyl halides is 3. The molecular weight excluding hydrogens is 409 g/mol. The molecule has 1 aliphatic heterocycles. The summed E-state index contributed by atoms with van der Waals surface area (Å²) in [6.45, 7) is 4.06. The number of carbonyl (C=O) groups is 1. The molecule has 1 aromatic rings. The highest BCUT2D eigenvalue weighted by Gasteiger charge is 2.72. The average molecular weight is 438 g/mol. The number of amidine groups is 1. The summed E-state index contributed by atoms with van der Waals surface area (Å²) in [7, 11) is 2.10. The van der Waals surface area contributed by atoms with Crippen LogP contribution in [0.25, 0.3) is 0 Å². The molecule has 31 heavy (non-hydrogen) atoms. The first kappa shape index (κ1) is 21.9. The Bertz CT molecular complexity index is 875. The highest BCUT2D eigenvalue weighted by atomic mass is 19.4. The largest absolute Gasteiger partial charge is 0.508 e. The number of carbonyl (C=O) groups excluding carboxylic acids is 1. The first-order valence-electron chi connectivity index (χ1n) is 10.5. The topological polar surface area (TPSA) is 77.0 Å². The fourth-order valence-electron chi connectivity index (χ4n) is 5.21. The quantitative estimate of drug-likeness (QED) is 0.612. The molecule has 0 saturated heterocycles. The molecular formula is C22H29F3N4O2. The number of phenols is 1. The average Bonchev–Trinajstić information content (AvgIpc) is 2.88. The molecule has 0 unspecified atom stereocenters. The van der Waals surface area contributed by atoms with Gasteiger partial charge in [-0.2, -0.15) is 13.2 Å². The molecule has 2 bridgehead atoms. The Morgan fingerprint density at radius 3 is 2.45 bits per heavy atom. The van der Waals surface area contributed by atoms with Crippen molar-refractivity contribution in [2.75, 3.05) is 13.6 Å². The number of nitrogens with zero attached hydrogens (tertiary/aromatic N) is 2. The van der Waals surface area contributed by atoms with E-state index in [1.54, 1.807) is 12.1 Å². The van der Waals surface area contributed by atoms with Crippen molar-refractivity contribution in [2.24, 2.45) is 10.4 Å². The Labute approximate surface area is 179 Å². The summed E-state index contributed by atoms with van der Waals surface area (Å²) < 4.78 is 37.1. The normalized spacial score (nSPS) is 30.8. The van der Waals surface area contributed by atoms with Crippen LogP contribution >= 0.6 is 0 Å². The third kappa shape index (κ3) is 4.00. The molecule has 6 nitrogen and oxygen atoms in total. The summed E-state index contributed by atoms with van der Waals surface area (Å²) in [6, 6.07) is 6.47. The van der Waals surface area contributed by atoms with Crippen LogP contribution in [-0.4, -0.2) is 58.6 Å². The van der Waals surface area contributed by atoms with E-state index in [1.165, 1.54) is 0 Å². The summed E-state index contributed by atoms with van der Waals surface area (Å²) in [5.74, 6) is 0.594. The van der Waals surface area contributed by atoms with Gasteiger partial charge in [-0.05, 0) is 57.9 Å². The van der Waals surface area contributed by atoms with E-state index >= 15 is 0 Å². The summed E-state index contributed by atoms with van der Waals surface area (Å²) in [4.78, 5) is 19.5. The predicted molar refractivity (Wildman–Crippen MR) is 111 cm³/mol. The summed E-state index contributed by atoms with van der Waals surface area (Å²) >= 11 is 0. The number of hydrogen-bond acceptors (Lipinski definition) is 5. The van der Waals surface area contributed by atoms with Crippen molar-refractivity contribution in [3.05, 3.63) is 29.8 Å². The van der Waals surface area contributed by atoms with Crippen molar-refractivity contribution in [1.82, 2.24) is 15.5 Å². The minimum Gasteiger partial charge on any atom is -0.508 e. The van der Waals surface area contributed by atoms with Gasteiger partial charge in [-0.3, -0.25) is 14.7 Å². The molecule has 0 aromatic heterocycles. The molecule has 3 N–H and O–H groups in total. The highest BCUT2D eigenvalue weighted by Crippen LogP contribution is 2.70. The molecule has 3 saturated carbocycles. The maximum Gasteiger partial charge on any atom is 0.390 e. The van der Waals surface area contributed by atoms with E-state index < -0.39 is 36.6 Å². The minimum absolute atomic E-state index is 0.0680. The fraction of sp³-hybridized carbons (Fsp3) is 0.636. The molecule has 5 rings (SSSR count). The first-order chi connectivity index (χ1) is 14.3. The van der Waals surface area contributed by atoms with Gasteiger partial charge >= 0.3 is 6.18 Å². The van der Waals surface area contributed by atoms with Gasteiger partial charge in [0.25, 0.3) is 0 Å². The maximum atomic E-state index is 12.5. The Hall–Kier alpha value is -2.29. The zero-order valence-electron chi connectivity index (χ0n) is 18.0. The smallest absolute Gasteiger partial charge is 0.390 e. The molecule has 3 fully saturated rings. The SMILES string of the molecule is CN(Cc1ccc(O)cc1)C12CC(C3=N[C@@H](C(=O)NCCC(F)(F)F)C(C)(C)N3)(C1)C2. The number of phenolic OH excluding ortho intramolecular Hbond substituents is 1. The number of halogens is 3. The van der Waals surface area contributed by atoms with Gasteiger partial charge in [-0.1, -0.05) is 12.1 Å². The summed E-state index contributed by atoms with van der Waals surface area (Å²) in [5.41, 5.74) is 0.533. The van der Waals surface area contributed by atoms with Crippen LogP contribution < -0.4 is 10.6 Å². The van der Waals surface area contributed by atoms with Gasteiger partial charge < -0.3 is 15.7 Å². The Kier molecular flexibility index (Phi) is 5.03. The fourth-order valence-corrected chi connectivity index (χ4v) is 5.21. The maximum absolute atomic E-state index is 12.5. The van der Waals surface area contributed by atoms with Crippen LogP contribution in [0, 0.1) is 5.41 Å². The van der Waals surface area contributed by atoms with E-state index in [4.69, 9.17) is 0 Å². The van der Waals surface area contributed by atoms with E-state index in [9.17, 15) is 23.1 Å². The lowest BCUT2D eigenvalue weighted by atomic mass is 9.38. The molecule has 4 aliphatic rings. The number of nitrogens with one attached hydrogen (secondary N) is 2. The number of aliphatic imine (C=N–C) groups is 1. The lowest BCUT2D eigenvalue weighted by Gasteiger charge is -2.73. The van der Waals surface area contributed by atoms with Gasteiger partial charge in [0, 0.05) is 24.0 Å². The minimum atomic E-state index is -4.29. The Balaban J connectivity index is 1.35. The second-order valence-electron chi connectivity index (χ2n) is 9.94. The van der Waals surface area contributed by atoms with Gasteiger partial charge in [0.15, 0.2) is 6.04 Å². The van der Waals surface area contributed by atoms with Crippen LogP contribution in [0.3, 0.4) is 0 Å². The van der Waals surface area contributed by atoms with Gasteiger partial charge in [0.05, 0.1) is 12.0 Å². The Morgan fingerprint density at radius 2 is 1.87 bits per heavy atom. The third-order valence-electron chi connectivity index (χ3n) is 7.01. The van der Waals surface area contributed by atoms with Crippen LogP contribution in [0.4, 0.5) is 13.2 Å². The third-order valence-corrected chi connectivity index (χ3v) is 7.01. The first-order valence-corrected chi connectivity index (χ1v) is 10.5. The number of benzene rings is 1. The molecule has 9 heteroatoms. The molecule has 0 spiro atoms. The van der Waals surface area contributed by atoms with Crippen molar-refractivity contribution in [1.29, 1.82) is 0 Å². The Morgan fingerprint density at radius 1 is 1.26 bits per heavy atom. The van der Waals surface area contributed by atoms with Gasteiger partial charge in [-0.25, -0.2) is 0 Å². The van der Waals surface area contributed by atoms with E-state index in [2.05, 4.69) is 27.6 Å². The van der Waals surface area contributed by atoms with Crippen molar-refractivity contribution in [3.63, 3.8) is 0 Å². The van der Waals surface area contributed by atoms with Crippen molar-refractivity contribution < 1.29 is 23.1 Å². The van der Waals surface area contributed by atoms with E-state index in [0.717, 1.165) is 37.2 Å². The molecule has 0 radical (unpaired) electrons. The number of rotatable bonds is 7. The van der Waals surface area contributed by atoms with Crippen LogP contribution in [0.2, 0.25) is 0 Å². The van der Waals surface area contributed by atoms with Crippen molar-refractivity contribution >= 4 is 11.7 Å². The van der Waals surface area contributed by atoms with Crippen LogP contribution in [-0.2, 0) is 11.3 Å². The molecule has 1 heterocycles. The van der Waals surface area contributed by atoms with E-state index in [1.807, 2.05) is 26.0 Å². The molecule has 1 aromatic carbocycles. The molecule has 3 aliphatic carbocycles.